The first-order chi connectivity index (χ1) is 5.95. The van der Waals surface area contributed by atoms with Gasteiger partial charge in [0.15, 0.2) is 0 Å². The molecule has 1 amide bonds. The molecule has 0 aromatic rings. The summed E-state index contributed by atoms with van der Waals surface area (Å²) in [5.41, 5.74) is 0. The highest BCUT2D eigenvalue weighted by Gasteiger charge is 2.15. The Bertz CT molecular complexity index is 154. The highest BCUT2D eigenvalue weighted by Crippen LogP contribution is 2.16. The minimum Gasteiger partial charge on any atom is -0.356 e. The van der Waals surface area contributed by atoms with Gasteiger partial charge in [0.25, 0.3) is 0 Å². The van der Waals surface area contributed by atoms with E-state index >= 15 is 0 Å². The predicted octanol–water partition coefficient (Wildman–Crippen LogP) is 1.91. The number of thiol groups is 2. The molecule has 0 heterocycles. The van der Waals surface area contributed by atoms with Crippen LogP contribution in [0.2, 0.25) is 0 Å². The summed E-state index contributed by atoms with van der Waals surface area (Å²) >= 11 is 8.37. The van der Waals surface area contributed by atoms with Gasteiger partial charge in [0.05, 0.1) is 0 Å². The monoisotopic (exact) mass is 221 g/mol. The number of carbonyl (C=O) groups excluding carboxylic acids is 1. The van der Waals surface area contributed by atoms with Crippen molar-refractivity contribution in [3.05, 3.63) is 0 Å². The number of unbranched alkanes of at least 4 members (excludes halogenated alkanes) is 1. The summed E-state index contributed by atoms with van der Waals surface area (Å²) in [5, 5.41) is 2.85. The molecule has 0 bridgehead atoms. The fraction of sp³-hybridized carbons (Fsp3) is 0.889. The van der Waals surface area contributed by atoms with Crippen molar-refractivity contribution in [1.82, 2.24) is 5.32 Å². The smallest absolute Gasteiger partial charge is 0.221 e. The van der Waals surface area contributed by atoms with E-state index in [0.717, 1.165) is 25.1 Å². The Morgan fingerprint density at radius 2 is 2.00 bits per heavy atom. The Labute approximate surface area is 91.7 Å². The van der Waals surface area contributed by atoms with Gasteiger partial charge in [-0.15, -0.1) is 0 Å². The largest absolute Gasteiger partial charge is 0.356 e. The van der Waals surface area contributed by atoms with Gasteiger partial charge < -0.3 is 5.32 Å². The van der Waals surface area contributed by atoms with E-state index < -0.39 is 0 Å². The third-order valence-corrected chi connectivity index (χ3v) is 1.97. The number of rotatable bonds is 6. The van der Waals surface area contributed by atoms with Crippen LogP contribution in [0.3, 0.4) is 0 Å². The molecule has 0 saturated heterocycles. The molecule has 4 heteroatoms. The lowest BCUT2D eigenvalue weighted by atomic mass is 10.1. The topological polar surface area (TPSA) is 29.1 Å². The third-order valence-electron chi connectivity index (χ3n) is 1.50. The Morgan fingerprint density at radius 1 is 1.38 bits per heavy atom. The zero-order chi connectivity index (χ0) is 10.3. The van der Waals surface area contributed by atoms with Crippen LogP contribution in [-0.2, 0) is 4.79 Å². The molecule has 0 aromatic carbocycles. The van der Waals surface area contributed by atoms with Gasteiger partial charge >= 0.3 is 0 Å². The van der Waals surface area contributed by atoms with E-state index in [9.17, 15) is 4.79 Å². The molecule has 0 aliphatic rings. The van der Waals surface area contributed by atoms with Crippen LogP contribution in [0.5, 0.6) is 0 Å². The van der Waals surface area contributed by atoms with Gasteiger partial charge in [-0.1, -0.05) is 13.8 Å². The van der Waals surface area contributed by atoms with Crippen LogP contribution in [0, 0.1) is 0 Å². The van der Waals surface area contributed by atoms with E-state index in [2.05, 4.69) is 30.6 Å². The van der Waals surface area contributed by atoms with E-state index in [1.807, 2.05) is 13.8 Å². The molecule has 0 radical (unpaired) electrons. The molecule has 0 aliphatic heterocycles. The maximum absolute atomic E-state index is 11.2. The van der Waals surface area contributed by atoms with Crippen molar-refractivity contribution in [2.45, 2.75) is 37.9 Å². The molecule has 0 unspecified atom stereocenters. The van der Waals surface area contributed by atoms with E-state index in [4.69, 9.17) is 0 Å². The molecule has 0 atom stereocenters. The Balaban J connectivity index is 3.41. The average Bonchev–Trinajstić information content (AvgIpc) is 1.94. The Kier molecular flexibility index (Phi) is 6.68. The minimum absolute atomic E-state index is 0.0826. The molecule has 1 N–H and O–H groups in total. The van der Waals surface area contributed by atoms with Gasteiger partial charge in [-0.2, -0.15) is 25.3 Å². The van der Waals surface area contributed by atoms with E-state index in [1.54, 1.807) is 0 Å². The summed E-state index contributed by atoms with van der Waals surface area (Å²) in [7, 11) is 0. The van der Waals surface area contributed by atoms with Crippen LogP contribution in [0.4, 0.5) is 0 Å². The van der Waals surface area contributed by atoms with Crippen molar-refractivity contribution in [2.24, 2.45) is 0 Å². The van der Waals surface area contributed by atoms with Crippen molar-refractivity contribution < 1.29 is 4.79 Å². The highest BCUT2D eigenvalue weighted by molar-refractivity contribution is 7.81. The summed E-state index contributed by atoms with van der Waals surface area (Å²) in [4.78, 5) is 11.2. The maximum atomic E-state index is 11.2. The zero-order valence-electron chi connectivity index (χ0n) is 8.34. The van der Waals surface area contributed by atoms with Crippen LogP contribution in [0.25, 0.3) is 0 Å². The summed E-state index contributed by atoms with van der Waals surface area (Å²) in [6.07, 6.45) is 2.52. The Morgan fingerprint density at radius 3 is 2.46 bits per heavy atom. The predicted molar refractivity (Wildman–Crippen MR) is 63.8 cm³/mol. The van der Waals surface area contributed by atoms with E-state index in [-0.39, 0.29) is 10.7 Å². The second-order valence-electron chi connectivity index (χ2n) is 3.77. The van der Waals surface area contributed by atoms with Gasteiger partial charge in [0, 0.05) is 17.7 Å². The molecule has 0 saturated carbocycles. The first-order valence-corrected chi connectivity index (χ1v) is 5.63. The van der Waals surface area contributed by atoms with Crippen molar-refractivity contribution in [3.8, 4) is 0 Å². The minimum atomic E-state index is -0.215. The lowest BCUT2D eigenvalue weighted by Gasteiger charge is -2.16. The first kappa shape index (κ1) is 13.2. The Hall–Kier alpha value is 0.170. The van der Waals surface area contributed by atoms with Crippen molar-refractivity contribution in [1.29, 1.82) is 0 Å². The fourth-order valence-electron chi connectivity index (χ4n) is 0.920. The van der Waals surface area contributed by atoms with Crippen LogP contribution in [0.1, 0.15) is 33.1 Å². The van der Waals surface area contributed by atoms with Crippen molar-refractivity contribution in [3.63, 3.8) is 0 Å². The lowest BCUT2D eigenvalue weighted by Crippen LogP contribution is -2.30. The van der Waals surface area contributed by atoms with Crippen molar-refractivity contribution >= 4 is 31.2 Å². The van der Waals surface area contributed by atoms with Gasteiger partial charge in [-0.3, -0.25) is 4.79 Å². The molecular weight excluding hydrogens is 202 g/mol. The lowest BCUT2D eigenvalue weighted by molar-refractivity contribution is -0.121. The van der Waals surface area contributed by atoms with Crippen LogP contribution < -0.4 is 5.32 Å². The van der Waals surface area contributed by atoms with Gasteiger partial charge in [-0.05, 0) is 18.6 Å². The maximum Gasteiger partial charge on any atom is 0.221 e. The molecule has 0 spiro atoms. The number of carbonyl (C=O) groups is 1. The first-order valence-electron chi connectivity index (χ1n) is 4.55. The molecule has 78 valence electrons. The molecule has 0 fully saturated rings. The van der Waals surface area contributed by atoms with Crippen LogP contribution in [-0.4, -0.2) is 23.0 Å². The fourth-order valence-corrected chi connectivity index (χ4v) is 1.29. The SMILES string of the molecule is CC(C)(S)CC(=O)NCCCCS. The van der Waals surface area contributed by atoms with E-state index in [0.29, 0.717) is 6.42 Å². The second kappa shape index (κ2) is 6.60. The van der Waals surface area contributed by atoms with Gasteiger partial charge in [-0.25, -0.2) is 0 Å². The number of amides is 1. The highest BCUT2D eigenvalue weighted by atomic mass is 32.1. The second-order valence-corrected chi connectivity index (χ2v) is 5.43. The normalized spacial score (nSPS) is 11.4. The zero-order valence-corrected chi connectivity index (χ0v) is 10.1. The molecule has 0 rings (SSSR count). The number of nitrogens with one attached hydrogen (secondary N) is 1. The molecule has 2 nitrogen and oxygen atoms in total. The van der Waals surface area contributed by atoms with Crippen LogP contribution in [0.15, 0.2) is 0 Å². The quantitative estimate of drug-likeness (QED) is 0.464. The van der Waals surface area contributed by atoms with Crippen molar-refractivity contribution in [2.75, 3.05) is 12.3 Å². The molecular formula is C9H19NOS2. The molecule has 0 aliphatic carbocycles. The standard InChI is InChI=1S/C9H19NOS2/c1-9(2,13)7-8(11)10-5-3-4-6-12/h12-13H,3-7H2,1-2H3,(H,10,11). The average molecular weight is 221 g/mol. The van der Waals surface area contributed by atoms with Gasteiger partial charge in [0.2, 0.25) is 5.91 Å². The third kappa shape index (κ3) is 10.1. The summed E-state index contributed by atoms with van der Waals surface area (Å²) in [6, 6.07) is 0. The molecule has 13 heavy (non-hydrogen) atoms. The number of hydrogen-bond acceptors (Lipinski definition) is 3. The summed E-state index contributed by atoms with van der Waals surface area (Å²) in [5.74, 6) is 0.965. The van der Waals surface area contributed by atoms with Crippen LogP contribution >= 0.6 is 25.3 Å². The van der Waals surface area contributed by atoms with E-state index in [1.165, 1.54) is 0 Å². The summed E-state index contributed by atoms with van der Waals surface area (Å²) < 4.78 is -0.215. The van der Waals surface area contributed by atoms with Gasteiger partial charge in [0.1, 0.15) is 0 Å². The molecule has 0 aromatic heterocycles. The number of hydrogen-bond donors (Lipinski definition) is 3. The summed E-state index contributed by atoms with van der Waals surface area (Å²) in [6.45, 7) is 4.62.